The number of allylic oxidation sites excluding steroid dienone is 1. The monoisotopic (exact) mass is 432 g/mol. The molecule has 1 aromatic carbocycles. The average molecular weight is 433 g/mol. The maximum atomic E-state index is 13.1. The summed E-state index contributed by atoms with van der Waals surface area (Å²) in [5, 5.41) is 0.613. The molecular formula is C22H28N2O5S. The third-order valence-corrected chi connectivity index (χ3v) is 5.73. The van der Waals surface area contributed by atoms with Crippen LogP contribution in [0.2, 0.25) is 0 Å². The van der Waals surface area contributed by atoms with Crippen LogP contribution in [0.15, 0.2) is 34.5 Å². The molecule has 2 heterocycles. The molecule has 1 atom stereocenters. The Kier molecular flexibility index (Phi) is 7.07. The van der Waals surface area contributed by atoms with Crippen molar-refractivity contribution < 1.29 is 23.8 Å². The predicted octanol–water partition coefficient (Wildman–Crippen LogP) is 3.94. The Balaban J connectivity index is 2.10. The molecular weight excluding hydrogens is 404 g/mol. The molecule has 3 rings (SSSR count). The third kappa shape index (κ3) is 4.48. The molecule has 8 heteroatoms. The minimum atomic E-state index is -0.623. The van der Waals surface area contributed by atoms with Gasteiger partial charge >= 0.3 is 5.97 Å². The van der Waals surface area contributed by atoms with E-state index in [9.17, 15) is 9.59 Å². The minimum Gasteiger partial charge on any atom is -0.493 e. The third-order valence-electron chi connectivity index (χ3n) is 4.78. The van der Waals surface area contributed by atoms with E-state index in [4.69, 9.17) is 14.2 Å². The van der Waals surface area contributed by atoms with Gasteiger partial charge in [-0.25, -0.2) is 9.79 Å². The van der Waals surface area contributed by atoms with Crippen LogP contribution >= 0.6 is 11.8 Å². The van der Waals surface area contributed by atoms with E-state index in [0.717, 1.165) is 5.56 Å². The van der Waals surface area contributed by atoms with Gasteiger partial charge in [-0.1, -0.05) is 31.7 Å². The van der Waals surface area contributed by atoms with Crippen LogP contribution in [0.3, 0.4) is 0 Å². The van der Waals surface area contributed by atoms with Crippen LogP contribution in [0.25, 0.3) is 0 Å². The lowest BCUT2D eigenvalue weighted by Gasteiger charge is -2.39. The largest absolute Gasteiger partial charge is 0.493 e. The normalized spacial score (nSPS) is 18.9. The van der Waals surface area contributed by atoms with Gasteiger partial charge in [-0.3, -0.25) is 9.69 Å². The maximum absolute atomic E-state index is 13.1. The fourth-order valence-corrected chi connectivity index (χ4v) is 4.43. The molecule has 0 spiro atoms. The van der Waals surface area contributed by atoms with Gasteiger partial charge in [-0.15, -0.1) is 0 Å². The summed E-state index contributed by atoms with van der Waals surface area (Å²) in [4.78, 5) is 32.1. The van der Waals surface area contributed by atoms with E-state index in [1.54, 1.807) is 25.0 Å². The van der Waals surface area contributed by atoms with Crippen molar-refractivity contribution in [3.05, 3.63) is 35.0 Å². The number of nitrogens with zero attached hydrogens (tertiary/aromatic N) is 2. The number of carbonyl (C=O) groups excluding carboxylic acids is 2. The first-order chi connectivity index (χ1) is 14.4. The molecule has 1 saturated heterocycles. The number of hydrogen-bond donors (Lipinski definition) is 0. The molecule has 2 aliphatic rings. The van der Waals surface area contributed by atoms with Crippen molar-refractivity contribution in [2.24, 2.45) is 10.9 Å². The molecule has 0 bridgehead atoms. The summed E-state index contributed by atoms with van der Waals surface area (Å²) in [5.74, 6) is 1.51. The number of benzene rings is 1. The molecule has 0 aliphatic carbocycles. The van der Waals surface area contributed by atoms with Gasteiger partial charge in [0.1, 0.15) is 0 Å². The number of amidine groups is 1. The van der Waals surface area contributed by atoms with Crippen LogP contribution in [-0.2, 0) is 14.3 Å². The zero-order valence-electron chi connectivity index (χ0n) is 18.1. The molecule has 0 aromatic heterocycles. The Morgan fingerprint density at radius 2 is 2.10 bits per heavy atom. The molecule has 0 radical (unpaired) electrons. The number of hydrogen-bond acceptors (Lipinski definition) is 7. The Labute approximate surface area is 181 Å². The second-order valence-corrected chi connectivity index (χ2v) is 8.56. The molecule has 0 N–H and O–H groups in total. The highest BCUT2D eigenvalue weighted by Gasteiger charge is 2.42. The summed E-state index contributed by atoms with van der Waals surface area (Å²) in [6, 6.07) is 4.85. The molecule has 7 nitrogen and oxygen atoms in total. The van der Waals surface area contributed by atoms with Gasteiger partial charge in [-0.05, 0) is 37.5 Å². The molecule has 0 saturated carbocycles. The SMILES string of the molecule is CCOc1ccc(C2C(C(=O)OCC(C)C)=C(C)N=C3SCCC(=O)N32)cc1OC. The molecule has 2 aliphatic heterocycles. The Hall–Kier alpha value is -2.48. The van der Waals surface area contributed by atoms with Crippen LogP contribution < -0.4 is 9.47 Å². The first-order valence-electron chi connectivity index (χ1n) is 10.1. The van der Waals surface area contributed by atoms with Crippen molar-refractivity contribution in [1.82, 2.24) is 4.90 Å². The quantitative estimate of drug-likeness (QED) is 0.608. The minimum absolute atomic E-state index is 0.0630. The van der Waals surface area contributed by atoms with Crippen molar-refractivity contribution in [2.75, 3.05) is 26.1 Å². The number of ether oxygens (including phenoxy) is 3. The van der Waals surface area contributed by atoms with Gasteiger partial charge in [0, 0.05) is 12.2 Å². The first-order valence-corrected chi connectivity index (χ1v) is 11.1. The number of aliphatic imine (C=N–C) groups is 1. The van der Waals surface area contributed by atoms with Gasteiger partial charge in [0.25, 0.3) is 0 Å². The van der Waals surface area contributed by atoms with Gasteiger partial charge < -0.3 is 14.2 Å². The number of carbonyl (C=O) groups is 2. The standard InChI is InChI=1S/C22H28N2O5S/c1-6-28-16-8-7-15(11-17(16)27-5)20-19(21(26)29-12-13(2)3)14(4)23-22-24(20)18(25)9-10-30-22/h7-8,11,13,20H,6,9-10,12H2,1-5H3. The van der Waals surface area contributed by atoms with Crippen LogP contribution in [0.5, 0.6) is 11.5 Å². The number of thioether (sulfide) groups is 1. The van der Waals surface area contributed by atoms with Crippen LogP contribution in [0.4, 0.5) is 0 Å². The number of esters is 1. The predicted molar refractivity (Wildman–Crippen MR) is 117 cm³/mol. The van der Waals surface area contributed by atoms with E-state index in [0.29, 0.717) is 53.3 Å². The van der Waals surface area contributed by atoms with Crippen LogP contribution in [-0.4, -0.2) is 48.0 Å². The molecule has 1 aromatic rings. The number of methoxy groups -OCH3 is 1. The van der Waals surface area contributed by atoms with Gasteiger partial charge in [-0.2, -0.15) is 0 Å². The summed E-state index contributed by atoms with van der Waals surface area (Å²) >= 11 is 1.52. The van der Waals surface area contributed by atoms with Crippen LogP contribution in [0, 0.1) is 5.92 Å². The van der Waals surface area contributed by atoms with E-state index in [-0.39, 0.29) is 11.8 Å². The Bertz CT molecular complexity index is 894. The maximum Gasteiger partial charge on any atom is 0.338 e. The average Bonchev–Trinajstić information content (AvgIpc) is 2.71. The topological polar surface area (TPSA) is 77.4 Å². The highest BCUT2D eigenvalue weighted by atomic mass is 32.2. The van der Waals surface area contributed by atoms with E-state index in [2.05, 4.69) is 4.99 Å². The highest BCUT2D eigenvalue weighted by Crippen LogP contribution is 2.42. The van der Waals surface area contributed by atoms with E-state index >= 15 is 0 Å². The number of amides is 1. The highest BCUT2D eigenvalue weighted by molar-refractivity contribution is 8.14. The molecule has 1 unspecified atom stereocenters. The lowest BCUT2D eigenvalue weighted by atomic mass is 9.93. The first kappa shape index (κ1) is 22.2. The molecule has 162 valence electrons. The molecule has 1 amide bonds. The lowest BCUT2D eigenvalue weighted by molar-refractivity contribution is -0.141. The summed E-state index contributed by atoms with van der Waals surface area (Å²) in [6.45, 7) is 8.44. The van der Waals surface area contributed by atoms with Crippen molar-refractivity contribution in [3.63, 3.8) is 0 Å². The van der Waals surface area contributed by atoms with Crippen molar-refractivity contribution in [2.45, 2.75) is 40.2 Å². The van der Waals surface area contributed by atoms with Crippen molar-refractivity contribution >= 4 is 28.8 Å². The molecule has 30 heavy (non-hydrogen) atoms. The number of fused-ring (bicyclic) bond motifs is 1. The van der Waals surface area contributed by atoms with Crippen molar-refractivity contribution in [1.29, 1.82) is 0 Å². The zero-order valence-corrected chi connectivity index (χ0v) is 18.9. The van der Waals surface area contributed by atoms with Gasteiger partial charge in [0.15, 0.2) is 16.7 Å². The zero-order chi connectivity index (χ0) is 21.8. The fourth-order valence-electron chi connectivity index (χ4n) is 3.42. The smallest absolute Gasteiger partial charge is 0.338 e. The van der Waals surface area contributed by atoms with Crippen LogP contribution in [0.1, 0.15) is 45.7 Å². The lowest BCUT2D eigenvalue weighted by Crippen LogP contribution is -2.45. The van der Waals surface area contributed by atoms with E-state index in [1.165, 1.54) is 11.8 Å². The Morgan fingerprint density at radius 1 is 1.33 bits per heavy atom. The molecule has 1 fully saturated rings. The summed E-state index contributed by atoms with van der Waals surface area (Å²) in [5.41, 5.74) is 1.69. The Morgan fingerprint density at radius 3 is 2.77 bits per heavy atom. The second-order valence-electron chi connectivity index (χ2n) is 7.49. The summed E-state index contributed by atoms with van der Waals surface area (Å²) < 4.78 is 16.7. The van der Waals surface area contributed by atoms with Gasteiger partial charge in [0.2, 0.25) is 5.91 Å². The van der Waals surface area contributed by atoms with E-state index in [1.807, 2.05) is 32.9 Å². The summed E-state index contributed by atoms with van der Waals surface area (Å²) in [7, 11) is 1.57. The van der Waals surface area contributed by atoms with Gasteiger partial charge in [0.05, 0.1) is 37.6 Å². The second kappa shape index (κ2) is 9.55. The number of rotatable bonds is 7. The fraction of sp³-hybridized carbons (Fsp3) is 0.500. The van der Waals surface area contributed by atoms with E-state index < -0.39 is 12.0 Å². The van der Waals surface area contributed by atoms with Crippen molar-refractivity contribution in [3.8, 4) is 11.5 Å². The summed E-state index contributed by atoms with van der Waals surface area (Å²) in [6.07, 6.45) is 0.391.